The van der Waals surface area contributed by atoms with Crippen molar-refractivity contribution in [1.82, 2.24) is 4.90 Å². The van der Waals surface area contributed by atoms with E-state index in [2.05, 4.69) is 13.8 Å². The minimum Gasteiger partial charge on any atom is -0.507 e. The van der Waals surface area contributed by atoms with E-state index in [0.29, 0.717) is 5.56 Å². The molecule has 3 heteroatoms. The SMILES string of the molecule is CCCN(CCC)C(=O)/C=C/c1ccccc1O. The van der Waals surface area contributed by atoms with Gasteiger partial charge < -0.3 is 10.0 Å². The number of phenols is 1. The molecule has 1 rings (SSSR count). The summed E-state index contributed by atoms with van der Waals surface area (Å²) in [5.74, 6) is 0.195. The lowest BCUT2D eigenvalue weighted by atomic mass is 10.2. The standard InChI is InChI=1S/C15H21NO2/c1-3-11-16(12-4-2)15(18)10-9-13-7-5-6-8-14(13)17/h5-10,17H,3-4,11-12H2,1-2H3/b10-9+. The van der Waals surface area contributed by atoms with Crippen molar-refractivity contribution in [2.24, 2.45) is 0 Å². The molecule has 3 nitrogen and oxygen atoms in total. The number of phenolic OH excluding ortho intramolecular Hbond substituents is 1. The monoisotopic (exact) mass is 247 g/mol. The first-order valence-electron chi connectivity index (χ1n) is 6.44. The third-order valence-electron chi connectivity index (χ3n) is 2.64. The number of hydrogen-bond donors (Lipinski definition) is 1. The molecule has 18 heavy (non-hydrogen) atoms. The lowest BCUT2D eigenvalue weighted by molar-refractivity contribution is -0.126. The van der Waals surface area contributed by atoms with Crippen LogP contribution in [0.2, 0.25) is 0 Å². The zero-order chi connectivity index (χ0) is 13.4. The molecule has 0 atom stereocenters. The molecule has 0 radical (unpaired) electrons. The fourth-order valence-electron chi connectivity index (χ4n) is 1.77. The zero-order valence-corrected chi connectivity index (χ0v) is 11.1. The number of amides is 1. The number of rotatable bonds is 6. The van der Waals surface area contributed by atoms with Crippen LogP contribution < -0.4 is 0 Å². The molecule has 0 fully saturated rings. The molecule has 0 heterocycles. The van der Waals surface area contributed by atoms with E-state index < -0.39 is 0 Å². The second-order valence-electron chi connectivity index (χ2n) is 4.22. The van der Waals surface area contributed by atoms with Crippen LogP contribution in [-0.4, -0.2) is 29.0 Å². The Balaban J connectivity index is 2.70. The number of hydrogen-bond acceptors (Lipinski definition) is 2. The summed E-state index contributed by atoms with van der Waals surface area (Å²) < 4.78 is 0. The van der Waals surface area contributed by atoms with Crippen molar-refractivity contribution in [1.29, 1.82) is 0 Å². The van der Waals surface area contributed by atoms with E-state index in [-0.39, 0.29) is 11.7 Å². The van der Waals surface area contributed by atoms with Gasteiger partial charge in [-0.3, -0.25) is 4.79 Å². The molecular weight excluding hydrogens is 226 g/mol. The normalized spacial score (nSPS) is 10.8. The van der Waals surface area contributed by atoms with Crippen LogP contribution in [0.15, 0.2) is 30.3 Å². The van der Waals surface area contributed by atoms with Gasteiger partial charge in [-0.1, -0.05) is 32.0 Å². The molecule has 0 bridgehead atoms. The van der Waals surface area contributed by atoms with Gasteiger partial charge in [-0.15, -0.1) is 0 Å². The number of benzene rings is 1. The molecule has 0 aromatic heterocycles. The molecule has 98 valence electrons. The van der Waals surface area contributed by atoms with Gasteiger partial charge in [0, 0.05) is 24.7 Å². The highest BCUT2D eigenvalue weighted by atomic mass is 16.3. The van der Waals surface area contributed by atoms with Crippen molar-refractivity contribution in [2.45, 2.75) is 26.7 Å². The minimum absolute atomic E-state index is 0.00181. The third-order valence-corrected chi connectivity index (χ3v) is 2.64. The third kappa shape index (κ3) is 4.24. The topological polar surface area (TPSA) is 40.5 Å². The molecule has 0 aliphatic rings. The summed E-state index contributed by atoms with van der Waals surface area (Å²) in [5, 5.41) is 9.59. The molecular formula is C15H21NO2. The highest BCUT2D eigenvalue weighted by Gasteiger charge is 2.07. The summed E-state index contributed by atoms with van der Waals surface area (Å²) in [6.45, 7) is 5.67. The predicted molar refractivity (Wildman–Crippen MR) is 74.3 cm³/mol. The smallest absolute Gasteiger partial charge is 0.246 e. The van der Waals surface area contributed by atoms with Gasteiger partial charge in [0.15, 0.2) is 0 Å². The summed E-state index contributed by atoms with van der Waals surface area (Å²) in [6.07, 6.45) is 5.10. The fourth-order valence-corrected chi connectivity index (χ4v) is 1.77. The largest absolute Gasteiger partial charge is 0.507 e. The summed E-state index contributed by atoms with van der Waals surface area (Å²) in [6, 6.07) is 6.98. The molecule has 0 aliphatic heterocycles. The first-order chi connectivity index (χ1) is 8.69. The zero-order valence-electron chi connectivity index (χ0n) is 11.1. The first-order valence-corrected chi connectivity index (χ1v) is 6.44. The Labute approximate surface area is 109 Å². The highest BCUT2D eigenvalue weighted by molar-refractivity contribution is 5.92. The van der Waals surface area contributed by atoms with Gasteiger partial charge in [0.25, 0.3) is 0 Å². The van der Waals surface area contributed by atoms with Gasteiger partial charge in [0.2, 0.25) is 5.91 Å². The Hall–Kier alpha value is -1.77. The number of nitrogens with zero attached hydrogens (tertiary/aromatic N) is 1. The summed E-state index contributed by atoms with van der Waals surface area (Å²) in [4.78, 5) is 13.8. The van der Waals surface area contributed by atoms with Crippen molar-refractivity contribution in [3.05, 3.63) is 35.9 Å². The maximum absolute atomic E-state index is 12.0. The molecule has 0 unspecified atom stereocenters. The van der Waals surface area contributed by atoms with E-state index in [4.69, 9.17) is 0 Å². The van der Waals surface area contributed by atoms with Crippen molar-refractivity contribution < 1.29 is 9.90 Å². The van der Waals surface area contributed by atoms with E-state index >= 15 is 0 Å². The molecule has 1 N–H and O–H groups in total. The number of carbonyl (C=O) groups is 1. The Morgan fingerprint density at radius 3 is 2.39 bits per heavy atom. The van der Waals surface area contributed by atoms with Crippen LogP contribution >= 0.6 is 0 Å². The van der Waals surface area contributed by atoms with Gasteiger partial charge in [0.05, 0.1) is 0 Å². The van der Waals surface area contributed by atoms with Crippen molar-refractivity contribution in [3.8, 4) is 5.75 Å². The van der Waals surface area contributed by atoms with E-state index in [1.807, 2.05) is 11.0 Å². The van der Waals surface area contributed by atoms with Crippen molar-refractivity contribution >= 4 is 12.0 Å². The lowest BCUT2D eigenvalue weighted by Crippen LogP contribution is -2.30. The van der Waals surface area contributed by atoms with Gasteiger partial charge in [-0.2, -0.15) is 0 Å². The Morgan fingerprint density at radius 1 is 1.22 bits per heavy atom. The summed E-state index contributed by atoms with van der Waals surface area (Å²) in [7, 11) is 0. The fraction of sp³-hybridized carbons (Fsp3) is 0.400. The molecule has 0 spiro atoms. The second-order valence-corrected chi connectivity index (χ2v) is 4.22. The Bertz CT molecular complexity index is 407. The Kier molecular flexibility index (Phi) is 5.98. The number of para-hydroxylation sites is 1. The van der Waals surface area contributed by atoms with Crippen LogP contribution in [0.3, 0.4) is 0 Å². The van der Waals surface area contributed by atoms with E-state index in [0.717, 1.165) is 25.9 Å². The molecule has 0 saturated heterocycles. The van der Waals surface area contributed by atoms with Gasteiger partial charge in [0.1, 0.15) is 5.75 Å². The van der Waals surface area contributed by atoms with Crippen LogP contribution in [0.4, 0.5) is 0 Å². The maximum atomic E-state index is 12.0. The quantitative estimate of drug-likeness (QED) is 0.785. The van der Waals surface area contributed by atoms with E-state index in [1.54, 1.807) is 24.3 Å². The molecule has 0 aliphatic carbocycles. The lowest BCUT2D eigenvalue weighted by Gasteiger charge is -2.19. The van der Waals surface area contributed by atoms with Gasteiger partial charge in [-0.05, 0) is 25.0 Å². The van der Waals surface area contributed by atoms with Gasteiger partial charge >= 0.3 is 0 Å². The van der Waals surface area contributed by atoms with Crippen LogP contribution in [0.5, 0.6) is 5.75 Å². The van der Waals surface area contributed by atoms with E-state index in [1.165, 1.54) is 6.08 Å². The predicted octanol–water partition coefficient (Wildman–Crippen LogP) is 3.05. The summed E-state index contributed by atoms with van der Waals surface area (Å²) in [5.41, 5.74) is 0.666. The molecule has 1 aromatic carbocycles. The minimum atomic E-state index is 0.00181. The number of carbonyl (C=O) groups excluding carboxylic acids is 1. The average molecular weight is 247 g/mol. The van der Waals surface area contributed by atoms with Crippen molar-refractivity contribution in [2.75, 3.05) is 13.1 Å². The van der Waals surface area contributed by atoms with Crippen LogP contribution in [-0.2, 0) is 4.79 Å². The van der Waals surface area contributed by atoms with Gasteiger partial charge in [-0.25, -0.2) is 0 Å². The van der Waals surface area contributed by atoms with Crippen LogP contribution in [0.1, 0.15) is 32.3 Å². The van der Waals surface area contributed by atoms with Crippen molar-refractivity contribution in [3.63, 3.8) is 0 Å². The van der Waals surface area contributed by atoms with Crippen LogP contribution in [0, 0.1) is 0 Å². The van der Waals surface area contributed by atoms with Crippen LogP contribution in [0.25, 0.3) is 6.08 Å². The highest BCUT2D eigenvalue weighted by Crippen LogP contribution is 2.17. The Morgan fingerprint density at radius 2 is 1.83 bits per heavy atom. The average Bonchev–Trinajstić information content (AvgIpc) is 2.37. The molecule has 1 amide bonds. The molecule has 1 aromatic rings. The first kappa shape index (κ1) is 14.3. The summed E-state index contributed by atoms with van der Waals surface area (Å²) >= 11 is 0. The number of aromatic hydroxyl groups is 1. The second kappa shape index (κ2) is 7.54. The van der Waals surface area contributed by atoms with E-state index in [9.17, 15) is 9.90 Å². The molecule has 0 saturated carbocycles. The maximum Gasteiger partial charge on any atom is 0.246 e.